The molecule has 1 aromatic heterocycles. The van der Waals surface area contributed by atoms with E-state index in [4.69, 9.17) is 16.3 Å². The Kier molecular flexibility index (Phi) is 8.24. The Balaban J connectivity index is 1.46. The molecule has 3 N–H and O–H groups in total. The molecule has 0 spiro atoms. The van der Waals surface area contributed by atoms with Crippen LogP contribution in [0.2, 0.25) is 5.02 Å². The summed E-state index contributed by atoms with van der Waals surface area (Å²) in [6, 6.07) is 11.2. The zero-order valence-electron chi connectivity index (χ0n) is 16.7. The van der Waals surface area contributed by atoms with E-state index in [0.717, 1.165) is 5.75 Å². The Morgan fingerprint density at radius 3 is 2.83 bits per heavy atom. The fourth-order valence-electron chi connectivity index (χ4n) is 3.09. The second-order valence-electron chi connectivity index (χ2n) is 6.92. The number of aliphatic hydroxyl groups excluding tert-OH is 1. The summed E-state index contributed by atoms with van der Waals surface area (Å²) in [5.41, 5.74) is 2.59. The van der Waals surface area contributed by atoms with Gasteiger partial charge in [-0.05, 0) is 60.2 Å². The van der Waals surface area contributed by atoms with Gasteiger partial charge in [-0.25, -0.2) is 4.72 Å². The number of benzene rings is 2. The van der Waals surface area contributed by atoms with E-state index in [1.165, 1.54) is 20.5 Å². The second kappa shape index (κ2) is 10.7. The SMILES string of the molecule is Cc1sc2cc(OCCNCC(O)c3ccc(Cl)c(CNS(=O)[O-])c3)ccc2c1C. The van der Waals surface area contributed by atoms with Crippen LogP contribution in [0.5, 0.6) is 5.75 Å². The highest BCUT2D eigenvalue weighted by Gasteiger charge is 2.10. The third kappa shape index (κ3) is 6.01. The van der Waals surface area contributed by atoms with Gasteiger partial charge in [-0.15, -0.1) is 11.3 Å². The molecular formula is C21H24ClN2O4S2-. The van der Waals surface area contributed by atoms with Crippen molar-refractivity contribution in [3.63, 3.8) is 0 Å². The Bertz CT molecular complexity index is 1040. The highest BCUT2D eigenvalue weighted by molar-refractivity contribution is 7.77. The Labute approximate surface area is 187 Å². The number of hydrogen-bond donors (Lipinski definition) is 3. The van der Waals surface area contributed by atoms with Gasteiger partial charge in [0.15, 0.2) is 0 Å². The third-order valence-electron chi connectivity index (χ3n) is 4.87. The maximum atomic E-state index is 10.7. The number of rotatable bonds is 10. The van der Waals surface area contributed by atoms with Crippen molar-refractivity contribution in [2.45, 2.75) is 26.5 Å². The van der Waals surface area contributed by atoms with E-state index in [2.05, 4.69) is 36.0 Å². The third-order valence-corrected chi connectivity index (χ3v) is 6.79. The fourth-order valence-corrected chi connectivity index (χ4v) is 4.65. The fraction of sp³-hybridized carbons (Fsp3) is 0.333. The van der Waals surface area contributed by atoms with E-state index in [9.17, 15) is 13.9 Å². The first-order valence-corrected chi connectivity index (χ1v) is 11.7. The van der Waals surface area contributed by atoms with Crippen molar-refractivity contribution in [3.8, 4) is 5.75 Å². The first-order valence-electron chi connectivity index (χ1n) is 9.47. The Hall–Kier alpha value is -1.52. The van der Waals surface area contributed by atoms with Crippen molar-refractivity contribution in [2.24, 2.45) is 0 Å². The topological polar surface area (TPSA) is 93.7 Å². The molecular weight excluding hydrogens is 444 g/mol. The lowest BCUT2D eigenvalue weighted by atomic mass is 10.1. The maximum absolute atomic E-state index is 10.7. The van der Waals surface area contributed by atoms with E-state index in [1.54, 1.807) is 29.5 Å². The van der Waals surface area contributed by atoms with E-state index in [0.29, 0.717) is 35.8 Å². The van der Waals surface area contributed by atoms with Crippen LogP contribution in [0.25, 0.3) is 10.1 Å². The first-order chi connectivity index (χ1) is 14.3. The molecule has 2 aromatic carbocycles. The minimum absolute atomic E-state index is 0.0738. The van der Waals surface area contributed by atoms with Crippen LogP contribution in [-0.4, -0.2) is 33.6 Å². The van der Waals surface area contributed by atoms with Gasteiger partial charge < -0.3 is 19.7 Å². The minimum Gasteiger partial charge on any atom is -0.760 e. The summed E-state index contributed by atoms with van der Waals surface area (Å²) in [6.07, 6.45) is -0.743. The molecule has 30 heavy (non-hydrogen) atoms. The van der Waals surface area contributed by atoms with Gasteiger partial charge in [-0.2, -0.15) is 0 Å². The summed E-state index contributed by atoms with van der Waals surface area (Å²) in [7, 11) is 0. The standard InChI is InChI=1S/C21H25ClN2O4S2/c1-13-14(2)29-21-10-17(4-5-18(13)21)28-8-7-23-12-20(25)15-3-6-19(22)16(9-15)11-24-30(26)27/h3-6,9-10,20,23-25H,7-8,11-12H2,1-2H3,(H,26,27)/p-1. The summed E-state index contributed by atoms with van der Waals surface area (Å²) >= 11 is 5.48. The number of hydrogen-bond acceptors (Lipinski definition) is 6. The lowest BCUT2D eigenvalue weighted by Crippen LogP contribution is -2.26. The number of aliphatic hydroxyl groups is 1. The highest BCUT2D eigenvalue weighted by Crippen LogP contribution is 2.32. The van der Waals surface area contributed by atoms with Crippen molar-refractivity contribution < 1.29 is 18.6 Å². The molecule has 0 aliphatic carbocycles. The zero-order chi connectivity index (χ0) is 21.7. The highest BCUT2D eigenvalue weighted by atomic mass is 35.5. The predicted octanol–water partition coefficient (Wildman–Crippen LogP) is 3.76. The summed E-state index contributed by atoms with van der Waals surface area (Å²) in [5, 5.41) is 15.3. The summed E-state index contributed by atoms with van der Waals surface area (Å²) in [6.45, 7) is 5.73. The van der Waals surface area contributed by atoms with Crippen molar-refractivity contribution >= 4 is 44.3 Å². The molecule has 0 saturated carbocycles. The van der Waals surface area contributed by atoms with Gasteiger partial charge in [0, 0.05) is 45.5 Å². The average Bonchev–Trinajstić information content (AvgIpc) is 3.00. The number of aryl methyl sites for hydroxylation is 2. The number of ether oxygens (including phenoxy) is 1. The van der Waals surface area contributed by atoms with E-state index in [1.807, 2.05) is 6.07 Å². The molecule has 0 saturated heterocycles. The van der Waals surface area contributed by atoms with Crippen LogP contribution in [0.15, 0.2) is 36.4 Å². The first kappa shape index (κ1) is 23.1. The number of thiophene rings is 1. The van der Waals surface area contributed by atoms with Crippen LogP contribution >= 0.6 is 22.9 Å². The monoisotopic (exact) mass is 467 g/mol. The Morgan fingerprint density at radius 1 is 1.27 bits per heavy atom. The van der Waals surface area contributed by atoms with E-state index < -0.39 is 17.4 Å². The molecule has 0 fully saturated rings. The Morgan fingerprint density at radius 2 is 2.07 bits per heavy atom. The van der Waals surface area contributed by atoms with Gasteiger partial charge in [-0.1, -0.05) is 23.7 Å². The molecule has 6 nitrogen and oxygen atoms in total. The van der Waals surface area contributed by atoms with Gasteiger partial charge in [0.1, 0.15) is 12.4 Å². The van der Waals surface area contributed by atoms with E-state index >= 15 is 0 Å². The molecule has 0 bridgehead atoms. The summed E-state index contributed by atoms with van der Waals surface area (Å²) in [4.78, 5) is 1.32. The van der Waals surface area contributed by atoms with Gasteiger partial charge in [0.25, 0.3) is 0 Å². The average molecular weight is 468 g/mol. The molecule has 9 heteroatoms. The lowest BCUT2D eigenvalue weighted by molar-refractivity contribution is 0.172. The second-order valence-corrected chi connectivity index (χ2v) is 9.34. The smallest absolute Gasteiger partial charge is 0.120 e. The van der Waals surface area contributed by atoms with Crippen LogP contribution in [-0.2, 0) is 17.8 Å². The lowest BCUT2D eigenvalue weighted by Gasteiger charge is -2.15. The van der Waals surface area contributed by atoms with Crippen molar-refractivity contribution in [2.75, 3.05) is 19.7 Å². The molecule has 2 atom stereocenters. The quantitative estimate of drug-likeness (QED) is 0.312. The number of halogens is 1. The molecule has 0 amide bonds. The molecule has 0 radical (unpaired) electrons. The largest absolute Gasteiger partial charge is 0.760 e. The minimum atomic E-state index is -2.37. The summed E-state index contributed by atoms with van der Waals surface area (Å²) in [5.74, 6) is 0.830. The molecule has 2 unspecified atom stereocenters. The van der Waals surface area contributed by atoms with E-state index in [-0.39, 0.29) is 6.54 Å². The predicted molar refractivity (Wildman–Crippen MR) is 122 cm³/mol. The van der Waals surface area contributed by atoms with Crippen LogP contribution in [0, 0.1) is 13.8 Å². The van der Waals surface area contributed by atoms with Gasteiger partial charge >= 0.3 is 0 Å². The normalized spacial score (nSPS) is 13.5. The van der Waals surface area contributed by atoms with Crippen LogP contribution in [0.4, 0.5) is 0 Å². The zero-order valence-corrected chi connectivity index (χ0v) is 19.1. The number of nitrogens with one attached hydrogen (secondary N) is 2. The molecule has 162 valence electrons. The van der Waals surface area contributed by atoms with Gasteiger partial charge in [-0.3, -0.25) is 4.21 Å². The van der Waals surface area contributed by atoms with Crippen LogP contribution in [0.3, 0.4) is 0 Å². The molecule has 0 aliphatic heterocycles. The van der Waals surface area contributed by atoms with Crippen molar-refractivity contribution in [1.82, 2.24) is 10.0 Å². The summed E-state index contributed by atoms with van der Waals surface area (Å²) < 4.78 is 30.6. The maximum Gasteiger partial charge on any atom is 0.120 e. The molecule has 0 aliphatic rings. The van der Waals surface area contributed by atoms with Crippen LogP contribution in [0.1, 0.15) is 27.7 Å². The van der Waals surface area contributed by atoms with Gasteiger partial charge in [0.2, 0.25) is 0 Å². The van der Waals surface area contributed by atoms with Crippen molar-refractivity contribution in [1.29, 1.82) is 0 Å². The molecule has 1 heterocycles. The van der Waals surface area contributed by atoms with Gasteiger partial charge in [0.05, 0.1) is 6.10 Å². The number of fused-ring (bicyclic) bond motifs is 1. The van der Waals surface area contributed by atoms with Crippen molar-refractivity contribution in [3.05, 3.63) is 63.0 Å². The van der Waals surface area contributed by atoms with Crippen LogP contribution < -0.4 is 14.8 Å². The molecule has 3 rings (SSSR count). The molecule has 3 aromatic rings.